The van der Waals surface area contributed by atoms with E-state index >= 15 is 0 Å². The second-order valence-electron chi connectivity index (χ2n) is 3.78. The summed E-state index contributed by atoms with van der Waals surface area (Å²) in [5.41, 5.74) is 0.851. The Hall–Kier alpha value is 0.910. The third-order valence-corrected chi connectivity index (χ3v) is 4.59. The van der Waals surface area contributed by atoms with Crippen LogP contribution in [-0.2, 0) is 0 Å². The summed E-state index contributed by atoms with van der Waals surface area (Å²) in [4.78, 5) is 0. The average Bonchev–Trinajstić information content (AvgIpc) is 2.23. The molecule has 0 fully saturated rings. The Morgan fingerprint density at radius 2 is 2.07 bits per heavy atom. The molecule has 3 unspecified atom stereocenters. The van der Waals surface area contributed by atoms with Crippen molar-refractivity contribution < 1.29 is 10.2 Å². The van der Waals surface area contributed by atoms with Gasteiger partial charge >= 0.3 is 0 Å². The predicted molar refractivity (Wildman–Crippen MR) is 72.2 cm³/mol. The lowest BCUT2D eigenvalue weighted by atomic mass is 10.0. The van der Waals surface area contributed by atoms with Gasteiger partial charge in [-0.15, -0.1) is 11.6 Å². The second-order valence-corrected chi connectivity index (χ2v) is 6.51. The van der Waals surface area contributed by atoms with Crippen molar-refractivity contribution in [2.24, 2.45) is 0 Å². The molecule has 15 heavy (non-hydrogen) atoms. The molecule has 0 aliphatic heterocycles. The molecule has 5 heteroatoms. The van der Waals surface area contributed by atoms with E-state index in [0.717, 1.165) is 5.57 Å². The van der Waals surface area contributed by atoms with Gasteiger partial charge in [0.05, 0.1) is 16.5 Å². The molecule has 0 bridgehead atoms. The SMILES string of the molecule is CC(=CCC(O)C(C)(Br)CCl)C(O)CBr. The van der Waals surface area contributed by atoms with Gasteiger partial charge in [0.15, 0.2) is 0 Å². The molecule has 0 saturated heterocycles. The first kappa shape index (κ1) is 15.9. The molecule has 2 N–H and O–H groups in total. The molecule has 0 saturated carbocycles. The van der Waals surface area contributed by atoms with Crippen molar-refractivity contribution >= 4 is 43.5 Å². The number of hydrogen-bond donors (Lipinski definition) is 2. The van der Waals surface area contributed by atoms with Gasteiger partial charge in [-0.05, 0) is 25.8 Å². The summed E-state index contributed by atoms with van der Waals surface area (Å²) in [7, 11) is 0. The Kier molecular flexibility index (Phi) is 7.72. The normalized spacial score (nSPS) is 20.9. The topological polar surface area (TPSA) is 40.5 Å². The molecule has 0 aromatic carbocycles. The molecule has 0 aromatic heterocycles. The zero-order chi connectivity index (χ0) is 12.1. The van der Waals surface area contributed by atoms with Crippen molar-refractivity contribution in [3.63, 3.8) is 0 Å². The van der Waals surface area contributed by atoms with Gasteiger partial charge in [0, 0.05) is 11.2 Å². The number of hydrogen-bond acceptors (Lipinski definition) is 2. The molecular formula is C10H17Br2ClO2. The summed E-state index contributed by atoms with van der Waals surface area (Å²) in [6, 6.07) is 0. The zero-order valence-electron chi connectivity index (χ0n) is 8.88. The minimum atomic E-state index is -0.563. The van der Waals surface area contributed by atoms with E-state index in [-0.39, 0.29) is 0 Å². The lowest BCUT2D eigenvalue weighted by molar-refractivity contribution is 0.148. The molecule has 0 radical (unpaired) electrons. The maximum atomic E-state index is 9.81. The average molecular weight is 365 g/mol. The molecule has 0 amide bonds. The smallest absolute Gasteiger partial charge is 0.0844 e. The van der Waals surface area contributed by atoms with Gasteiger partial charge in [-0.3, -0.25) is 0 Å². The van der Waals surface area contributed by atoms with E-state index in [4.69, 9.17) is 11.6 Å². The molecule has 0 spiro atoms. The van der Waals surface area contributed by atoms with E-state index in [2.05, 4.69) is 31.9 Å². The molecule has 0 rings (SSSR count). The van der Waals surface area contributed by atoms with E-state index in [1.54, 1.807) is 0 Å². The van der Waals surface area contributed by atoms with Crippen LogP contribution in [0.2, 0.25) is 0 Å². The van der Waals surface area contributed by atoms with Crippen LogP contribution in [0, 0.1) is 0 Å². The van der Waals surface area contributed by atoms with Crippen LogP contribution in [0.4, 0.5) is 0 Å². The Morgan fingerprint density at radius 3 is 2.47 bits per heavy atom. The van der Waals surface area contributed by atoms with E-state index in [1.807, 2.05) is 19.9 Å². The van der Waals surface area contributed by atoms with Crippen LogP contribution in [0.3, 0.4) is 0 Å². The standard InChI is InChI=1S/C10H17Br2ClO2/c1-7(8(14)5-11)3-4-9(15)10(2,12)6-13/h3,8-9,14-15H,4-6H2,1-2H3. The minimum absolute atomic E-state index is 0.335. The van der Waals surface area contributed by atoms with E-state index in [1.165, 1.54) is 0 Å². The van der Waals surface area contributed by atoms with Crippen molar-refractivity contribution in [3.05, 3.63) is 11.6 Å². The first-order chi connectivity index (χ1) is 6.85. The van der Waals surface area contributed by atoms with Crippen LogP contribution in [0.25, 0.3) is 0 Å². The maximum Gasteiger partial charge on any atom is 0.0844 e. The molecule has 0 heterocycles. The summed E-state index contributed by atoms with van der Waals surface area (Å²) in [5.74, 6) is 0.335. The highest BCUT2D eigenvalue weighted by Gasteiger charge is 2.28. The number of alkyl halides is 3. The number of halogens is 3. The Labute approximate surface area is 113 Å². The highest BCUT2D eigenvalue weighted by Crippen LogP contribution is 2.26. The molecular weight excluding hydrogens is 347 g/mol. The van der Waals surface area contributed by atoms with Crippen LogP contribution >= 0.6 is 43.5 Å². The van der Waals surface area contributed by atoms with Gasteiger partial charge in [0.25, 0.3) is 0 Å². The first-order valence-electron chi connectivity index (χ1n) is 4.68. The summed E-state index contributed by atoms with van der Waals surface area (Å²) in [6.07, 6.45) is 1.26. The zero-order valence-corrected chi connectivity index (χ0v) is 12.8. The largest absolute Gasteiger partial charge is 0.391 e. The van der Waals surface area contributed by atoms with Crippen LogP contribution in [0.1, 0.15) is 20.3 Å². The van der Waals surface area contributed by atoms with Gasteiger partial charge in [-0.25, -0.2) is 0 Å². The Balaban J connectivity index is 4.26. The fourth-order valence-electron chi connectivity index (χ4n) is 0.890. The summed E-state index contributed by atoms with van der Waals surface area (Å²) >= 11 is 12.3. The molecule has 0 aliphatic rings. The highest BCUT2D eigenvalue weighted by molar-refractivity contribution is 9.10. The van der Waals surface area contributed by atoms with Gasteiger partial charge in [-0.2, -0.15) is 0 Å². The van der Waals surface area contributed by atoms with E-state index < -0.39 is 16.5 Å². The predicted octanol–water partition coefficient (Wildman–Crippen LogP) is 2.83. The minimum Gasteiger partial charge on any atom is -0.391 e. The Morgan fingerprint density at radius 1 is 1.53 bits per heavy atom. The molecule has 3 atom stereocenters. The maximum absolute atomic E-state index is 9.81. The Bertz CT molecular complexity index is 219. The fraction of sp³-hybridized carbons (Fsp3) is 0.800. The quantitative estimate of drug-likeness (QED) is 0.562. The summed E-state index contributed by atoms with van der Waals surface area (Å²) in [6.45, 7) is 3.68. The van der Waals surface area contributed by atoms with E-state index in [9.17, 15) is 10.2 Å². The number of rotatable bonds is 6. The van der Waals surface area contributed by atoms with Crippen LogP contribution in [0.15, 0.2) is 11.6 Å². The fourth-order valence-corrected chi connectivity index (χ4v) is 1.77. The number of aliphatic hydroxyl groups is 2. The number of aliphatic hydroxyl groups excluding tert-OH is 2. The van der Waals surface area contributed by atoms with Gasteiger partial charge in [-0.1, -0.05) is 37.9 Å². The van der Waals surface area contributed by atoms with Crippen molar-refractivity contribution in [1.82, 2.24) is 0 Å². The molecule has 90 valence electrons. The van der Waals surface area contributed by atoms with E-state index in [0.29, 0.717) is 17.6 Å². The van der Waals surface area contributed by atoms with Crippen LogP contribution in [-0.4, -0.2) is 38.0 Å². The third kappa shape index (κ3) is 5.68. The lowest BCUT2D eigenvalue weighted by Crippen LogP contribution is -2.34. The first-order valence-corrected chi connectivity index (χ1v) is 7.13. The monoisotopic (exact) mass is 362 g/mol. The van der Waals surface area contributed by atoms with Crippen molar-refractivity contribution in [2.45, 2.75) is 36.8 Å². The molecule has 0 aliphatic carbocycles. The summed E-state index contributed by atoms with van der Waals surface area (Å²) < 4.78 is -0.481. The lowest BCUT2D eigenvalue weighted by Gasteiger charge is -2.25. The molecule has 0 aromatic rings. The molecule has 2 nitrogen and oxygen atoms in total. The summed E-state index contributed by atoms with van der Waals surface area (Å²) in [5, 5.41) is 19.8. The van der Waals surface area contributed by atoms with Gasteiger partial charge in [0.2, 0.25) is 0 Å². The van der Waals surface area contributed by atoms with Crippen molar-refractivity contribution in [3.8, 4) is 0 Å². The van der Waals surface area contributed by atoms with Crippen molar-refractivity contribution in [1.29, 1.82) is 0 Å². The van der Waals surface area contributed by atoms with Crippen LogP contribution in [0.5, 0.6) is 0 Å². The van der Waals surface area contributed by atoms with Gasteiger partial charge in [0.1, 0.15) is 0 Å². The third-order valence-electron chi connectivity index (χ3n) is 2.29. The second kappa shape index (κ2) is 7.28. The van der Waals surface area contributed by atoms with Crippen LogP contribution < -0.4 is 0 Å². The highest BCUT2D eigenvalue weighted by atomic mass is 79.9. The van der Waals surface area contributed by atoms with Crippen molar-refractivity contribution in [2.75, 3.05) is 11.2 Å². The van der Waals surface area contributed by atoms with Gasteiger partial charge < -0.3 is 10.2 Å².